The molecule has 0 spiro atoms. The molecule has 0 aliphatic rings. The molecule has 5 nitrogen and oxygen atoms in total. The molecule has 2 N–H and O–H groups in total. The predicted octanol–water partition coefficient (Wildman–Crippen LogP) is 4.18. The molecule has 0 aromatic heterocycles. The Bertz CT molecular complexity index is 779. The first kappa shape index (κ1) is 19.3. The maximum Gasteiger partial charge on any atom is 0.251 e. The van der Waals surface area contributed by atoms with Crippen molar-refractivity contribution in [3.05, 3.63) is 57.0 Å². The van der Waals surface area contributed by atoms with E-state index >= 15 is 0 Å². The van der Waals surface area contributed by atoms with E-state index in [2.05, 4.69) is 26.6 Å². The maximum absolute atomic E-state index is 12.1. The van der Waals surface area contributed by atoms with E-state index in [0.29, 0.717) is 22.0 Å². The van der Waals surface area contributed by atoms with Gasteiger partial charge in [0.05, 0.1) is 12.8 Å². The molecule has 7 heteroatoms. The third kappa shape index (κ3) is 5.47. The SMILES string of the molecule is COc1cc(Cl)c(C)cc1NC(=O)CCNC(=O)c1ccc(Br)cc1. The van der Waals surface area contributed by atoms with Crippen LogP contribution in [-0.4, -0.2) is 25.5 Å². The monoisotopic (exact) mass is 424 g/mol. The standard InChI is InChI=1S/C18H18BrClN2O3/c1-11-9-15(16(25-2)10-14(11)20)22-17(23)7-8-21-18(24)12-3-5-13(19)6-4-12/h3-6,9-10H,7-8H2,1-2H3,(H,21,24)(H,22,23). The van der Waals surface area contributed by atoms with Gasteiger partial charge in [-0.2, -0.15) is 0 Å². The summed E-state index contributed by atoms with van der Waals surface area (Å²) in [6.45, 7) is 2.07. The molecule has 132 valence electrons. The van der Waals surface area contributed by atoms with Gasteiger partial charge >= 0.3 is 0 Å². The molecule has 2 aromatic rings. The number of ether oxygens (including phenoxy) is 1. The number of aryl methyl sites for hydroxylation is 1. The van der Waals surface area contributed by atoms with Gasteiger partial charge in [-0.05, 0) is 42.8 Å². The summed E-state index contributed by atoms with van der Waals surface area (Å²) in [7, 11) is 1.51. The van der Waals surface area contributed by atoms with Crippen molar-refractivity contribution in [3.8, 4) is 5.75 Å². The topological polar surface area (TPSA) is 67.4 Å². The predicted molar refractivity (Wildman–Crippen MR) is 102 cm³/mol. The molecule has 2 rings (SSSR count). The first-order valence-electron chi connectivity index (χ1n) is 7.58. The third-order valence-electron chi connectivity index (χ3n) is 3.50. The van der Waals surface area contributed by atoms with Crippen molar-refractivity contribution in [2.75, 3.05) is 19.0 Å². The molecule has 0 fully saturated rings. The largest absolute Gasteiger partial charge is 0.495 e. The number of hydrogen-bond donors (Lipinski definition) is 2. The summed E-state index contributed by atoms with van der Waals surface area (Å²) in [4.78, 5) is 24.1. The Kier molecular flexibility index (Phi) is 6.84. The minimum atomic E-state index is -0.226. The zero-order chi connectivity index (χ0) is 18.4. The first-order chi connectivity index (χ1) is 11.9. The van der Waals surface area contributed by atoms with Crippen molar-refractivity contribution < 1.29 is 14.3 Å². The van der Waals surface area contributed by atoms with Crippen molar-refractivity contribution in [1.82, 2.24) is 5.32 Å². The first-order valence-corrected chi connectivity index (χ1v) is 8.75. The molecule has 0 unspecified atom stereocenters. The third-order valence-corrected chi connectivity index (χ3v) is 4.43. The Balaban J connectivity index is 1.88. The van der Waals surface area contributed by atoms with Gasteiger partial charge in [0.25, 0.3) is 5.91 Å². The van der Waals surface area contributed by atoms with E-state index in [9.17, 15) is 9.59 Å². The molecule has 2 amide bonds. The van der Waals surface area contributed by atoms with Crippen LogP contribution in [0.5, 0.6) is 5.75 Å². The number of nitrogens with one attached hydrogen (secondary N) is 2. The molecule has 0 atom stereocenters. The normalized spacial score (nSPS) is 10.2. The highest BCUT2D eigenvalue weighted by molar-refractivity contribution is 9.10. The number of amides is 2. The average molecular weight is 426 g/mol. The van der Waals surface area contributed by atoms with Crippen molar-refractivity contribution in [1.29, 1.82) is 0 Å². The summed E-state index contributed by atoms with van der Waals surface area (Å²) in [5.41, 5.74) is 1.92. The lowest BCUT2D eigenvalue weighted by molar-refractivity contribution is -0.116. The molecule has 0 aliphatic heterocycles. The highest BCUT2D eigenvalue weighted by atomic mass is 79.9. The van der Waals surface area contributed by atoms with Crippen molar-refractivity contribution in [3.63, 3.8) is 0 Å². The molecule has 2 aromatic carbocycles. The number of methoxy groups -OCH3 is 1. The highest BCUT2D eigenvalue weighted by Crippen LogP contribution is 2.30. The van der Waals surface area contributed by atoms with E-state index in [-0.39, 0.29) is 24.8 Å². The van der Waals surface area contributed by atoms with Gasteiger partial charge in [-0.1, -0.05) is 27.5 Å². The Morgan fingerprint density at radius 1 is 1.20 bits per heavy atom. The molecule has 0 radical (unpaired) electrons. The lowest BCUT2D eigenvalue weighted by atomic mass is 10.2. The van der Waals surface area contributed by atoms with E-state index in [0.717, 1.165) is 10.0 Å². The van der Waals surface area contributed by atoms with Gasteiger partial charge in [0, 0.05) is 34.1 Å². The van der Waals surface area contributed by atoms with Crippen LogP contribution >= 0.6 is 27.5 Å². The smallest absolute Gasteiger partial charge is 0.251 e. The summed E-state index contributed by atoms with van der Waals surface area (Å²) in [6, 6.07) is 10.4. The van der Waals surface area contributed by atoms with Crippen LogP contribution in [0.1, 0.15) is 22.3 Å². The molecular formula is C18H18BrClN2O3. The lowest BCUT2D eigenvalue weighted by Gasteiger charge is -2.12. The fourth-order valence-corrected chi connectivity index (χ4v) is 2.55. The zero-order valence-corrected chi connectivity index (χ0v) is 16.2. The molecule has 0 saturated heterocycles. The van der Waals surface area contributed by atoms with E-state index < -0.39 is 0 Å². The van der Waals surface area contributed by atoms with Crippen LogP contribution in [-0.2, 0) is 4.79 Å². The highest BCUT2D eigenvalue weighted by Gasteiger charge is 2.11. The van der Waals surface area contributed by atoms with Crippen LogP contribution in [0.2, 0.25) is 5.02 Å². The van der Waals surface area contributed by atoms with E-state index in [1.54, 1.807) is 36.4 Å². The molecule has 0 saturated carbocycles. The van der Waals surface area contributed by atoms with Crippen LogP contribution in [0, 0.1) is 6.92 Å². The summed E-state index contributed by atoms with van der Waals surface area (Å²) < 4.78 is 6.12. The van der Waals surface area contributed by atoms with Crippen molar-refractivity contribution in [2.45, 2.75) is 13.3 Å². The minimum Gasteiger partial charge on any atom is -0.495 e. The number of halogens is 2. The molecule has 0 heterocycles. The number of carbonyl (C=O) groups excluding carboxylic acids is 2. The Morgan fingerprint density at radius 3 is 2.52 bits per heavy atom. The Labute approximate surface area is 159 Å². The van der Waals surface area contributed by atoms with Gasteiger partial charge in [-0.3, -0.25) is 9.59 Å². The van der Waals surface area contributed by atoms with Crippen LogP contribution < -0.4 is 15.4 Å². The number of hydrogen-bond acceptors (Lipinski definition) is 3. The minimum absolute atomic E-state index is 0.146. The van der Waals surface area contributed by atoms with E-state index in [4.69, 9.17) is 16.3 Å². The van der Waals surface area contributed by atoms with Crippen molar-refractivity contribution >= 4 is 45.0 Å². The van der Waals surface area contributed by atoms with E-state index in [1.165, 1.54) is 7.11 Å². The second-order valence-electron chi connectivity index (χ2n) is 5.36. The number of anilines is 1. The number of rotatable bonds is 6. The molecular weight excluding hydrogens is 408 g/mol. The Morgan fingerprint density at radius 2 is 1.88 bits per heavy atom. The van der Waals surface area contributed by atoms with Gasteiger partial charge in [0.15, 0.2) is 0 Å². The van der Waals surface area contributed by atoms with Gasteiger partial charge in [-0.15, -0.1) is 0 Å². The Hall–Kier alpha value is -2.05. The lowest BCUT2D eigenvalue weighted by Crippen LogP contribution is -2.27. The van der Waals surface area contributed by atoms with Crippen LogP contribution in [0.15, 0.2) is 40.9 Å². The molecule has 25 heavy (non-hydrogen) atoms. The van der Waals surface area contributed by atoms with Crippen LogP contribution in [0.25, 0.3) is 0 Å². The summed E-state index contributed by atoms with van der Waals surface area (Å²) in [5.74, 6) is 0.0409. The van der Waals surface area contributed by atoms with E-state index in [1.807, 2.05) is 6.92 Å². The van der Waals surface area contributed by atoms with Gasteiger partial charge < -0.3 is 15.4 Å². The summed E-state index contributed by atoms with van der Waals surface area (Å²) in [5, 5.41) is 6.05. The molecule has 0 aliphatic carbocycles. The van der Waals surface area contributed by atoms with Crippen molar-refractivity contribution in [2.24, 2.45) is 0 Å². The van der Waals surface area contributed by atoms with Crippen LogP contribution in [0.3, 0.4) is 0 Å². The summed E-state index contributed by atoms with van der Waals surface area (Å²) >= 11 is 9.36. The number of benzene rings is 2. The second-order valence-corrected chi connectivity index (χ2v) is 6.69. The number of carbonyl (C=O) groups is 2. The fourth-order valence-electron chi connectivity index (χ4n) is 2.14. The fraction of sp³-hybridized carbons (Fsp3) is 0.222. The molecule has 0 bridgehead atoms. The average Bonchev–Trinajstić information content (AvgIpc) is 2.58. The summed E-state index contributed by atoms with van der Waals surface area (Å²) in [6.07, 6.45) is 0.146. The quantitative estimate of drug-likeness (QED) is 0.729. The second kappa shape index (κ2) is 8.87. The van der Waals surface area contributed by atoms with Gasteiger partial charge in [-0.25, -0.2) is 0 Å². The van der Waals surface area contributed by atoms with Gasteiger partial charge in [0.1, 0.15) is 5.75 Å². The maximum atomic E-state index is 12.1. The van der Waals surface area contributed by atoms with Crippen LogP contribution in [0.4, 0.5) is 5.69 Å². The zero-order valence-electron chi connectivity index (χ0n) is 13.9. The van der Waals surface area contributed by atoms with Gasteiger partial charge in [0.2, 0.25) is 5.91 Å².